The molecule has 0 fully saturated rings. The molecule has 2 rings (SSSR count). The molecule has 0 atom stereocenters. The second-order valence-corrected chi connectivity index (χ2v) is 5.73. The van der Waals surface area contributed by atoms with Crippen LogP contribution in [0, 0.1) is 6.92 Å². The second kappa shape index (κ2) is 7.49. The molecule has 24 heavy (non-hydrogen) atoms. The van der Waals surface area contributed by atoms with Crippen molar-refractivity contribution in [3.8, 4) is 0 Å². The van der Waals surface area contributed by atoms with Crippen LogP contribution in [0.5, 0.6) is 0 Å². The van der Waals surface area contributed by atoms with Gasteiger partial charge in [0.2, 0.25) is 5.91 Å². The summed E-state index contributed by atoms with van der Waals surface area (Å²) in [5.41, 5.74) is 1.59. The number of alkyl halides is 3. The number of likely N-dealkylation sites (N-methyl/N-ethyl adjacent to an activating group) is 1. The predicted octanol–water partition coefficient (Wildman–Crippen LogP) is 4.08. The van der Waals surface area contributed by atoms with Crippen molar-refractivity contribution in [3.63, 3.8) is 0 Å². The van der Waals surface area contributed by atoms with E-state index in [0.717, 1.165) is 23.3 Å². The fourth-order valence-electron chi connectivity index (χ4n) is 2.35. The fourth-order valence-corrected chi connectivity index (χ4v) is 2.35. The Hall–Kier alpha value is -2.34. The number of carbonyl (C=O) groups excluding carboxylic acids is 1. The van der Waals surface area contributed by atoms with E-state index in [-0.39, 0.29) is 18.1 Å². The molecule has 3 nitrogen and oxygen atoms in total. The lowest BCUT2D eigenvalue weighted by molar-refractivity contribution is -0.137. The molecule has 2 aromatic rings. The molecule has 0 saturated carbocycles. The summed E-state index contributed by atoms with van der Waals surface area (Å²) in [7, 11) is 1.79. The standard InChI is InChI=1S/C18H19F3N2O/c1-13-6-3-4-7-14(13)11-23(2)12-17(24)22-16-9-5-8-15(10-16)18(19,20)21/h3-10H,11-12H2,1-2H3,(H,22,24). The summed E-state index contributed by atoms with van der Waals surface area (Å²) in [6, 6.07) is 12.5. The number of hydrogen-bond donors (Lipinski definition) is 1. The number of aryl methyl sites for hydroxylation is 1. The van der Waals surface area contributed by atoms with Gasteiger partial charge in [-0.2, -0.15) is 13.2 Å². The summed E-state index contributed by atoms with van der Waals surface area (Å²) < 4.78 is 38.0. The Bertz CT molecular complexity index is 713. The van der Waals surface area contributed by atoms with Crippen LogP contribution in [0.15, 0.2) is 48.5 Å². The van der Waals surface area contributed by atoms with Crippen molar-refractivity contribution in [1.29, 1.82) is 0 Å². The second-order valence-electron chi connectivity index (χ2n) is 5.73. The zero-order valence-electron chi connectivity index (χ0n) is 13.5. The monoisotopic (exact) mass is 336 g/mol. The van der Waals surface area contributed by atoms with Gasteiger partial charge in [-0.1, -0.05) is 30.3 Å². The quantitative estimate of drug-likeness (QED) is 0.892. The van der Waals surface area contributed by atoms with Gasteiger partial charge in [0.05, 0.1) is 12.1 Å². The summed E-state index contributed by atoms with van der Waals surface area (Å²) >= 11 is 0. The molecule has 0 heterocycles. The van der Waals surface area contributed by atoms with Gasteiger partial charge in [-0.05, 0) is 43.3 Å². The van der Waals surface area contributed by atoms with Crippen LogP contribution >= 0.6 is 0 Å². The van der Waals surface area contributed by atoms with Crippen LogP contribution in [0.25, 0.3) is 0 Å². The molecule has 0 aromatic heterocycles. The summed E-state index contributed by atoms with van der Waals surface area (Å²) in [5.74, 6) is -0.356. The lowest BCUT2D eigenvalue weighted by Gasteiger charge is -2.18. The minimum atomic E-state index is -4.43. The van der Waals surface area contributed by atoms with Crippen molar-refractivity contribution < 1.29 is 18.0 Å². The van der Waals surface area contributed by atoms with Gasteiger partial charge in [0.1, 0.15) is 0 Å². The lowest BCUT2D eigenvalue weighted by atomic mass is 10.1. The SMILES string of the molecule is Cc1ccccc1CN(C)CC(=O)Nc1cccc(C(F)(F)F)c1. The molecule has 1 amide bonds. The Labute approximate surface area is 139 Å². The molecular formula is C18H19F3N2O. The van der Waals surface area contributed by atoms with E-state index in [2.05, 4.69) is 5.32 Å². The Morgan fingerprint density at radius 1 is 1.12 bits per heavy atom. The van der Waals surface area contributed by atoms with E-state index in [1.54, 1.807) is 7.05 Å². The zero-order valence-corrected chi connectivity index (χ0v) is 13.5. The van der Waals surface area contributed by atoms with Crippen molar-refractivity contribution in [3.05, 3.63) is 65.2 Å². The van der Waals surface area contributed by atoms with Gasteiger partial charge in [0.15, 0.2) is 0 Å². The first-order valence-electron chi connectivity index (χ1n) is 7.46. The number of nitrogens with one attached hydrogen (secondary N) is 1. The van der Waals surface area contributed by atoms with E-state index in [1.165, 1.54) is 12.1 Å². The van der Waals surface area contributed by atoms with Crippen LogP contribution in [0.3, 0.4) is 0 Å². The number of carbonyl (C=O) groups is 1. The Morgan fingerprint density at radius 3 is 2.50 bits per heavy atom. The number of hydrogen-bond acceptors (Lipinski definition) is 2. The molecule has 1 N–H and O–H groups in total. The van der Waals surface area contributed by atoms with Crippen LogP contribution < -0.4 is 5.32 Å². The molecule has 0 unspecified atom stereocenters. The predicted molar refractivity (Wildman–Crippen MR) is 87.6 cm³/mol. The fraction of sp³-hybridized carbons (Fsp3) is 0.278. The Kier molecular flexibility index (Phi) is 5.62. The zero-order chi connectivity index (χ0) is 17.7. The average Bonchev–Trinajstić information content (AvgIpc) is 2.49. The van der Waals surface area contributed by atoms with E-state index in [1.807, 2.05) is 36.1 Å². The van der Waals surface area contributed by atoms with Gasteiger partial charge in [-0.3, -0.25) is 9.69 Å². The summed E-state index contributed by atoms with van der Waals surface area (Å²) in [6.45, 7) is 2.67. The molecular weight excluding hydrogens is 317 g/mol. The first-order valence-corrected chi connectivity index (χ1v) is 7.46. The van der Waals surface area contributed by atoms with Crippen LogP contribution in [0.1, 0.15) is 16.7 Å². The molecule has 0 aliphatic rings. The largest absolute Gasteiger partial charge is 0.416 e. The topological polar surface area (TPSA) is 32.3 Å². The normalized spacial score (nSPS) is 11.6. The summed E-state index contributed by atoms with van der Waals surface area (Å²) in [6.07, 6.45) is -4.43. The minimum absolute atomic E-state index is 0.0879. The van der Waals surface area contributed by atoms with Gasteiger partial charge in [0, 0.05) is 12.2 Å². The average molecular weight is 336 g/mol. The van der Waals surface area contributed by atoms with Gasteiger partial charge >= 0.3 is 6.18 Å². The van der Waals surface area contributed by atoms with Crippen LogP contribution in [0.4, 0.5) is 18.9 Å². The van der Waals surface area contributed by atoms with Crippen molar-refractivity contribution in [2.75, 3.05) is 18.9 Å². The van der Waals surface area contributed by atoms with Crippen LogP contribution in [-0.2, 0) is 17.5 Å². The smallest absolute Gasteiger partial charge is 0.325 e. The van der Waals surface area contributed by atoms with Crippen molar-refractivity contribution in [2.24, 2.45) is 0 Å². The molecule has 0 saturated heterocycles. The number of rotatable bonds is 5. The highest BCUT2D eigenvalue weighted by Gasteiger charge is 2.30. The van der Waals surface area contributed by atoms with Gasteiger partial charge in [-0.15, -0.1) is 0 Å². The van der Waals surface area contributed by atoms with Gasteiger partial charge in [-0.25, -0.2) is 0 Å². The van der Waals surface area contributed by atoms with E-state index < -0.39 is 11.7 Å². The summed E-state index contributed by atoms with van der Waals surface area (Å²) in [5, 5.41) is 2.51. The van der Waals surface area contributed by atoms with Crippen molar-refractivity contribution >= 4 is 11.6 Å². The number of nitrogens with zero attached hydrogens (tertiary/aromatic N) is 1. The van der Waals surface area contributed by atoms with Crippen molar-refractivity contribution in [2.45, 2.75) is 19.6 Å². The third kappa shape index (κ3) is 5.09. The molecule has 0 aliphatic carbocycles. The molecule has 0 aliphatic heterocycles. The minimum Gasteiger partial charge on any atom is -0.325 e. The molecule has 2 aromatic carbocycles. The highest BCUT2D eigenvalue weighted by atomic mass is 19.4. The number of anilines is 1. The third-order valence-corrected chi connectivity index (χ3v) is 3.59. The lowest BCUT2D eigenvalue weighted by Crippen LogP contribution is -2.30. The molecule has 6 heteroatoms. The van der Waals surface area contributed by atoms with E-state index in [4.69, 9.17) is 0 Å². The van der Waals surface area contributed by atoms with Crippen LogP contribution in [-0.4, -0.2) is 24.4 Å². The highest BCUT2D eigenvalue weighted by Crippen LogP contribution is 2.30. The molecule has 0 radical (unpaired) electrons. The number of benzene rings is 2. The van der Waals surface area contributed by atoms with Gasteiger partial charge < -0.3 is 5.32 Å². The molecule has 0 spiro atoms. The molecule has 128 valence electrons. The number of halogens is 3. The van der Waals surface area contributed by atoms with E-state index in [0.29, 0.717) is 6.54 Å². The van der Waals surface area contributed by atoms with Crippen LogP contribution in [0.2, 0.25) is 0 Å². The molecule has 0 bridgehead atoms. The van der Waals surface area contributed by atoms with E-state index >= 15 is 0 Å². The third-order valence-electron chi connectivity index (χ3n) is 3.59. The summed E-state index contributed by atoms with van der Waals surface area (Å²) in [4.78, 5) is 13.8. The Morgan fingerprint density at radius 2 is 1.83 bits per heavy atom. The van der Waals surface area contributed by atoms with E-state index in [9.17, 15) is 18.0 Å². The maximum absolute atomic E-state index is 12.7. The van der Waals surface area contributed by atoms with Crippen molar-refractivity contribution in [1.82, 2.24) is 4.90 Å². The van der Waals surface area contributed by atoms with Gasteiger partial charge in [0.25, 0.3) is 0 Å². The first kappa shape index (κ1) is 18.0. The first-order chi connectivity index (χ1) is 11.3. The Balaban J connectivity index is 1.95. The number of amides is 1. The highest BCUT2D eigenvalue weighted by molar-refractivity contribution is 5.92. The maximum atomic E-state index is 12.7. The maximum Gasteiger partial charge on any atom is 0.416 e.